The van der Waals surface area contributed by atoms with E-state index in [0.717, 1.165) is 11.1 Å². The van der Waals surface area contributed by atoms with Crippen LogP contribution < -0.4 is 5.32 Å². The van der Waals surface area contributed by atoms with E-state index in [-0.39, 0.29) is 18.2 Å². The Balaban J connectivity index is 1.96. The van der Waals surface area contributed by atoms with Crippen molar-refractivity contribution in [3.8, 4) is 6.07 Å². The van der Waals surface area contributed by atoms with Crippen LogP contribution in [0.3, 0.4) is 0 Å². The quantitative estimate of drug-likeness (QED) is 0.856. The summed E-state index contributed by atoms with van der Waals surface area (Å²) in [6.45, 7) is 0.494. The standard InChI is InChI=1S/C17H17FN2O/c18-17-7-6-14(8-15(17)10-19)11-20-16(12-21)9-13-4-2-1-3-5-13/h1-8,16,20-21H,9,11-12H2/t16-/m1/s1. The molecule has 0 radical (unpaired) electrons. The first-order chi connectivity index (χ1) is 10.2. The van der Waals surface area contributed by atoms with E-state index in [1.54, 1.807) is 6.07 Å². The van der Waals surface area contributed by atoms with Gasteiger partial charge in [0.05, 0.1) is 12.2 Å². The van der Waals surface area contributed by atoms with Crippen LogP contribution in [0.4, 0.5) is 4.39 Å². The molecule has 108 valence electrons. The topological polar surface area (TPSA) is 56.0 Å². The highest BCUT2D eigenvalue weighted by Crippen LogP contribution is 2.10. The van der Waals surface area contributed by atoms with Crippen LogP contribution in [0.1, 0.15) is 16.7 Å². The molecule has 0 fully saturated rings. The van der Waals surface area contributed by atoms with Gasteiger partial charge in [-0.05, 0) is 29.7 Å². The number of hydrogen-bond donors (Lipinski definition) is 2. The molecule has 0 amide bonds. The highest BCUT2D eigenvalue weighted by atomic mass is 19.1. The maximum atomic E-state index is 13.2. The van der Waals surface area contributed by atoms with E-state index in [1.807, 2.05) is 36.4 Å². The van der Waals surface area contributed by atoms with Crippen LogP contribution in [0.2, 0.25) is 0 Å². The van der Waals surface area contributed by atoms with Crippen LogP contribution >= 0.6 is 0 Å². The second-order valence-corrected chi connectivity index (χ2v) is 4.88. The van der Waals surface area contributed by atoms with E-state index in [9.17, 15) is 9.50 Å². The fourth-order valence-electron chi connectivity index (χ4n) is 2.13. The van der Waals surface area contributed by atoms with Gasteiger partial charge in [0, 0.05) is 12.6 Å². The molecule has 0 aliphatic carbocycles. The van der Waals surface area contributed by atoms with Crippen molar-refractivity contribution in [2.45, 2.75) is 19.0 Å². The molecule has 0 spiro atoms. The number of benzene rings is 2. The number of halogens is 1. The summed E-state index contributed by atoms with van der Waals surface area (Å²) in [6, 6.07) is 16.1. The van der Waals surface area contributed by atoms with Gasteiger partial charge in [-0.25, -0.2) is 4.39 Å². The largest absolute Gasteiger partial charge is 0.395 e. The van der Waals surface area contributed by atoms with E-state index in [1.165, 1.54) is 12.1 Å². The maximum absolute atomic E-state index is 13.2. The van der Waals surface area contributed by atoms with Gasteiger partial charge in [0.15, 0.2) is 0 Å². The summed E-state index contributed by atoms with van der Waals surface area (Å²) in [7, 11) is 0. The summed E-state index contributed by atoms with van der Waals surface area (Å²) in [5, 5.41) is 21.5. The predicted molar refractivity (Wildman–Crippen MR) is 79.0 cm³/mol. The fourth-order valence-corrected chi connectivity index (χ4v) is 2.13. The zero-order chi connectivity index (χ0) is 15.1. The SMILES string of the molecule is N#Cc1cc(CN[C@@H](CO)Cc2ccccc2)ccc1F. The molecule has 0 aliphatic rings. The molecular weight excluding hydrogens is 267 g/mol. The Bertz CT molecular complexity index is 622. The highest BCUT2D eigenvalue weighted by molar-refractivity contribution is 5.34. The van der Waals surface area contributed by atoms with E-state index in [4.69, 9.17) is 5.26 Å². The summed E-state index contributed by atoms with van der Waals surface area (Å²) in [5.74, 6) is -0.510. The Hall–Kier alpha value is -2.22. The molecule has 0 saturated carbocycles. The highest BCUT2D eigenvalue weighted by Gasteiger charge is 2.09. The third kappa shape index (κ3) is 4.38. The average Bonchev–Trinajstić information content (AvgIpc) is 2.53. The second kappa shape index (κ2) is 7.53. The molecule has 1 atom stereocenters. The van der Waals surface area contributed by atoms with Crippen molar-refractivity contribution in [1.29, 1.82) is 5.26 Å². The molecule has 0 heterocycles. The minimum atomic E-state index is -0.510. The molecule has 4 heteroatoms. The smallest absolute Gasteiger partial charge is 0.140 e. The van der Waals surface area contributed by atoms with Crippen molar-refractivity contribution in [1.82, 2.24) is 5.32 Å². The number of nitrogens with zero attached hydrogens (tertiary/aromatic N) is 1. The molecule has 21 heavy (non-hydrogen) atoms. The predicted octanol–water partition coefficient (Wildman–Crippen LogP) is 2.39. The first kappa shape index (κ1) is 15.2. The van der Waals surface area contributed by atoms with Gasteiger partial charge in [0.25, 0.3) is 0 Å². The number of nitrogens with one attached hydrogen (secondary N) is 1. The average molecular weight is 284 g/mol. The summed E-state index contributed by atoms with van der Waals surface area (Å²) in [4.78, 5) is 0. The Morgan fingerprint density at radius 2 is 1.90 bits per heavy atom. The number of aliphatic hydroxyl groups excluding tert-OH is 1. The van der Waals surface area contributed by atoms with Gasteiger partial charge in [-0.2, -0.15) is 5.26 Å². The summed E-state index contributed by atoms with van der Waals surface area (Å²) >= 11 is 0. The fraction of sp³-hybridized carbons (Fsp3) is 0.235. The maximum Gasteiger partial charge on any atom is 0.140 e. The Morgan fingerprint density at radius 1 is 1.14 bits per heavy atom. The normalized spacial score (nSPS) is 11.9. The number of hydrogen-bond acceptors (Lipinski definition) is 3. The lowest BCUT2D eigenvalue weighted by Gasteiger charge is -2.16. The van der Waals surface area contributed by atoms with Crippen LogP contribution in [-0.4, -0.2) is 17.8 Å². The van der Waals surface area contributed by atoms with Gasteiger partial charge < -0.3 is 10.4 Å². The van der Waals surface area contributed by atoms with Crippen LogP contribution in [0.15, 0.2) is 48.5 Å². The zero-order valence-corrected chi connectivity index (χ0v) is 11.6. The third-order valence-electron chi connectivity index (χ3n) is 3.29. The van der Waals surface area contributed by atoms with E-state index in [0.29, 0.717) is 13.0 Å². The lowest BCUT2D eigenvalue weighted by atomic mass is 10.1. The van der Waals surface area contributed by atoms with E-state index >= 15 is 0 Å². The van der Waals surface area contributed by atoms with Gasteiger partial charge in [0.2, 0.25) is 0 Å². The van der Waals surface area contributed by atoms with E-state index < -0.39 is 5.82 Å². The number of rotatable bonds is 6. The molecule has 0 aromatic heterocycles. The Labute approximate surface area is 123 Å². The monoisotopic (exact) mass is 284 g/mol. The van der Waals surface area contributed by atoms with Crippen LogP contribution in [0, 0.1) is 17.1 Å². The molecule has 2 aromatic rings. The zero-order valence-electron chi connectivity index (χ0n) is 11.6. The van der Waals surface area contributed by atoms with Gasteiger partial charge in [-0.15, -0.1) is 0 Å². The Morgan fingerprint density at radius 3 is 2.57 bits per heavy atom. The molecule has 0 aliphatic heterocycles. The first-order valence-electron chi connectivity index (χ1n) is 6.79. The molecule has 2 aromatic carbocycles. The second-order valence-electron chi connectivity index (χ2n) is 4.88. The van der Waals surface area contributed by atoms with Crippen molar-refractivity contribution in [2.24, 2.45) is 0 Å². The molecule has 3 nitrogen and oxygen atoms in total. The minimum Gasteiger partial charge on any atom is -0.395 e. The summed E-state index contributed by atoms with van der Waals surface area (Å²) < 4.78 is 13.2. The lowest BCUT2D eigenvalue weighted by Crippen LogP contribution is -2.34. The number of nitriles is 1. The van der Waals surface area contributed by atoms with E-state index in [2.05, 4.69) is 5.32 Å². The molecule has 0 unspecified atom stereocenters. The molecule has 0 saturated heterocycles. The molecular formula is C17H17FN2O. The van der Waals surface area contributed by atoms with Gasteiger partial charge in [-0.1, -0.05) is 36.4 Å². The molecule has 2 N–H and O–H groups in total. The van der Waals surface area contributed by atoms with Crippen molar-refractivity contribution in [3.63, 3.8) is 0 Å². The van der Waals surface area contributed by atoms with Crippen molar-refractivity contribution < 1.29 is 9.50 Å². The van der Waals surface area contributed by atoms with Gasteiger partial charge in [-0.3, -0.25) is 0 Å². The van der Waals surface area contributed by atoms with Crippen LogP contribution in [0.25, 0.3) is 0 Å². The molecule has 0 bridgehead atoms. The van der Waals surface area contributed by atoms with Gasteiger partial charge in [0.1, 0.15) is 11.9 Å². The summed E-state index contributed by atoms with van der Waals surface area (Å²) in [5.41, 5.74) is 2.00. The van der Waals surface area contributed by atoms with Gasteiger partial charge >= 0.3 is 0 Å². The van der Waals surface area contributed by atoms with Crippen molar-refractivity contribution in [3.05, 3.63) is 71.0 Å². The third-order valence-corrected chi connectivity index (χ3v) is 3.29. The first-order valence-corrected chi connectivity index (χ1v) is 6.79. The van der Waals surface area contributed by atoms with Crippen LogP contribution in [0.5, 0.6) is 0 Å². The lowest BCUT2D eigenvalue weighted by molar-refractivity contribution is 0.241. The molecule has 2 rings (SSSR count). The minimum absolute atomic E-state index is 0.0151. The summed E-state index contributed by atoms with van der Waals surface area (Å²) in [6.07, 6.45) is 0.712. The van der Waals surface area contributed by atoms with Crippen molar-refractivity contribution >= 4 is 0 Å². The number of aliphatic hydroxyl groups is 1. The van der Waals surface area contributed by atoms with Crippen molar-refractivity contribution in [2.75, 3.05) is 6.61 Å². The Kier molecular flexibility index (Phi) is 5.44. The van der Waals surface area contributed by atoms with Crippen LogP contribution in [-0.2, 0) is 13.0 Å².